The summed E-state index contributed by atoms with van der Waals surface area (Å²) >= 11 is 2.67. The van der Waals surface area contributed by atoms with Gasteiger partial charge in [-0.05, 0) is 24.3 Å². The highest BCUT2D eigenvalue weighted by Crippen LogP contribution is 2.30. The Balaban J connectivity index is 1.47. The van der Waals surface area contributed by atoms with E-state index < -0.39 is 11.7 Å². The molecular weight excluding hydrogens is 467 g/mol. The number of aromatic nitrogens is 2. The Kier molecular flexibility index (Phi) is 8.32. The van der Waals surface area contributed by atoms with Crippen molar-refractivity contribution in [1.29, 1.82) is 0 Å². The number of ether oxygens (including phenoxy) is 1. The fraction of sp³-hybridized carbons (Fsp3) is 0.474. The maximum atomic E-state index is 12.7. The quantitative estimate of drug-likeness (QED) is 0.450. The molecule has 1 aromatic heterocycles. The van der Waals surface area contributed by atoms with Crippen LogP contribution in [0.2, 0.25) is 0 Å². The normalized spacial score (nSPS) is 14.5. The van der Waals surface area contributed by atoms with E-state index >= 15 is 0 Å². The molecule has 2 heterocycles. The summed E-state index contributed by atoms with van der Waals surface area (Å²) in [5.74, 6) is -0.182. The molecule has 0 radical (unpaired) electrons. The molecule has 0 unspecified atom stereocenters. The van der Waals surface area contributed by atoms with Crippen LogP contribution in [0.15, 0.2) is 28.6 Å². The summed E-state index contributed by atoms with van der Waals surface area (Å²) in [4.78, 5) is 28.0. The van der Waals surface area contributed by atoms with E-state index in [1.807, 2.05) is 4.90 Å². The summed E-state index contributed by atoms with van der Waals surface area (Å²) in [6.07, 6.45) is -4.43. The molecular formula is C19H22F3N5O3S2. The Morgan fingerprint density at radius 2 is 1.84 bits per heavy atom. The number of piperazine rings is 1. The van der Waals surface area contributed by atoms with Crippen LogP contribution >= 0.6 is 23.1 Å². The molecule has 32 heavy (non-hydrogen) atoms. The third-order valence-electron chi connectivity index (χ3n) is 4.65. The van der Waals surface area contributed by atoms with Crippen molar-refractivity contribution in [3.63, 3.8) is 0 Å². The Hall–Kier alpha value is -2.38. The molecule has 1 saturated heterocycles. The number of halogens is 3. The zero-order valence-electron chi connectivity index (χ0n) is 17.2. The molecule has 0 spiro atoms. The van der Waals surface area contributed by atoms with Crippen LogP contribution in [0.4, 0.5) is 18.3 Å². The molecule has 0 bridgehead atoms. The summed E-state index contributed by atoms with van der Waals surface area (Å²) < 4.78 is 43.6. The molecule has 2 aromatic rings. The number of carbonyl (C=O) groups excluding carboxylic acids is 2. The molecule has 1 aliphatic rings. The van der Waals surface area contributed by atoms with E-state index in [4.69, 9.17) is 4.74 Å². The summed E-state index contributed by atoms with van der Waals surface area (Å²) in [6, 6.07) is 4.25. The van der Waals surface area contributed by atoms with Gasteiger partial charge in [-0.25, -0.2) is 0 Å². The second-order valence-electron chi connectivity index (χ2n) is 6.84. The maximum Gasteiger partial charge on any atom is 0.416 e. The number of nitrogens with zero attached hydrogens (tertiary/aromatic N) is 4. The number of hydrogen-bond acceptors (Lipinski definition) is 8. The Morgan fingerprint density at radius 1 is 1.16 bits per heavy atom. The lowest BCUT2D eigenvalue weighted by atomic mass is 10.1. The van der Waals surface area contributed by atoms with Gasteiger partial charge in [-0.15, -0.1) is 10.2 Å². The number of thioether (sulfide) groups is 1. The van der Waals surface area contributed by atoms with Crippen molar-refractivity contribution in [2.24, 2.45) is 0 Å². The highest BCUT2D eigenvalue weighted by atomic mass is 32.2. The van der Waals surface area contributed by atoms with Gasteiger partial charge in [-0.1, -0.05) is 23.1 Å². The van der Waals surface area contributed by atoms with Crippen LogP contribution in [0.5, 0.6) is 0 Å². The number of nitrogens with one attached hydrogen (secondary N) is 1. The highest BCUT2D eigenvalue weighted by molar-refractivity contribution is 8.01. The topological polar surface area (TPSA) is 87.7 Å². The van der Waals surface area contributed by atoms with Gasteiger partial charge >= 0.3 is 6.18 Å². The number of alkyl halides is 3. The van der Waals surface area contributed by atoms with E-state index in [-0.39, 0.29) is 23.1 Å². The number of amides is 2. The van der Waals surface area contributed by atoms with Crippen LogP contribution in [0.25, 0.3) is 0 Å². The minimum Gasteiger partial charge on any atom is -0.383 e. The fourth-order valence-corrected chi connectivity index (χ4v) is 4.67. The number of methoxy groups -OCH3 is 1. The number of rotatable bonds is 8. The zero-order chi connectivity index (χ0) is 23.1. The van der Waals surface area contributed by atoms with E-state index in [0.29, 0.717) is 48.8 Å². The third-order valence-corrected chi connectivity index (χ3v) is 6.76. The Bertz CT molecular complexity index is 916. The van der Waals surface area contributed by atoms with Crippen LogP contribution in [0, 0.1) is 0 Å². The maximum absolute atomic E-state index is 12.7. The van der Waals surface area contributed by atoms with Gasteiger partial charge in [-0.3, -0.25) is 9.59 Å². The fourth-order valence-electron chi connectivity index (χ4n) is 2.94. The van der Waals surface area contributed by atoms with Crippen molar-refractivity contribution < 1.29 is 27.5 Å². The van der Waals surface area contributed by atoms with Gasteiger partial charge in [0.05, 0.1) is 17.9 Å². The van der Waals surface area contributed by atoms with Crippen molar-refractivity contribution in [2.75, 3.05) is 57.1 Å². The number of carbonyl (C=O) groups is 2. The van der Waals surface area contributed by atoms with Crippen LogP contribution in [0.1, 0.15) is 15.9 Å². The van der Waals surface area contributed by atoms with Crippen molar-refractivity contribution in [3.8, 4) is 0 Å². The second-order valence-corrected chi connectivity index (χ2v) is 9.01. The van der Waals surface area contributed by atoms with E-state index in [2.05, 4.69) is 15.5 Å². The molecule has 3 rings (SSSR count). The molecule has 0 atom stereocenters. The predicted octanol–water partition coefficient (Wildman–Crippen LogP) is 2.37. The first kappa shape index (κ1) is 24.3. The highest BCUT2D eigenvalue weighted by Gasteiger charge is 2.31. The average Bonchev–Trinajstić information content (AvgIpc) is 3.26. The van der Waals surface area contributed by atoms with Crippen LogP contribution in [-0.2, 0) is 15.7 Å². The molecule has 1 aliphatic heterocycles. The van der Waals surface area contributed by atoms with Gasteiger partial charge in [0.2, 0.25) is 11.0 Å². The van der Waals surface area contributed by atoms with E-state index in [0.717, 1.165) is 12.1 Å². The van der Waals surface area contributed by atoms with Crippen molar-refractivity contribution >= 4 is 40.0 Å². The SMILES string of the molecule is COCCNC(=O)CSc1nnc(N2CCN(C(=O)c3ccc(C(F)(F)F)cc3)CC2)s1. The predicted molar refractivity (Wildman–Crippen MR) is 115 cm³/mol. The minimum atomic E-state index is -4.43. The smallest absolute Gasteiger partial charge is 0.383 e. The molecule has 13 heteroatoms. The molecule has 1 fully saturated rings. The van der Waals surface area contributed by atoms with Crippen LogP contribution in [-0.4, -0.2) is 79.1 Å². The molecule has 0 saturated carbocycles. The minimum absolute atomic E-state index is 0.112. The standard InChI is InChI=1S/C19H22F3N5O3S2/c1-30-11-6-23-15(28)12-31-18-25-24-17(32-18)27-9-7-26(8-10-27)16(29)13-2-4-14(5-3-13)19(20,21)22/h2-5H,6-12H2,1H3,(H,23,28). The molecule has 2 amide bonds. The lowest BCUT2D eigenvalue weighted by Gasteiger charge is -2.34. The summed E-state index contributed by atoms with van der Waals surface area (Å²) in [5.41, 5.74) is -0.555. The van der Waals surface area contributed by atoms with Crippen LogP contribution < -0.4 is 10.2 Å². The summed E-state index contributed by atoms with van der Waals surface area (Å²) in [6.45, 7) is 2.80. The molecule has 1 N–H and O–H groups in total. The second kappa shape index (κ2) is 11.0. The largest absolute Gasteiger partial charge is 0.416 e. The Morgan fingerprint density at radius 3 is 2.47 bits per heavy atom. The number of hydrogen-bond donors (Lipinski definition) is 1. The third kappa shape index (κ3) is 6.56. The first-order chi connectivity index (χ1) is 15.3. The van der Waals surface area contributed by atoms with Gasteiger partial charge in [0.1, 0.15) is 0 Å². The van der Waals surface area contributed by atoms with Gasteiger partial charge in [-0.2, -0.15) is 13.2 Å². The monoisotopic (exact) mass is 489 g/mol. The summed E-state index contributed by atoms with van der Waals surface area (Å²) in [7, 11) is 1.56. The number of anilines is 1. The van der Waals surface area contributed by atoms with Crippen molar-refractivity contribution in [1.82, 2.24) is 20.4 Å². The lowest BCUT2D eigenvalue weighted by molar-refractivity contribution is -0.137. The molecule has 174 valence electrons. The van der Waals surface area contributed by atoms with Crippen LogP contribution in [0.3, 0.4) is 0 Å². The van der Waals surface area contributed by atoms with E-state index in [1.165, 1.54) is 35.2 Å². The zero-order valence-corrected chi connectivity index (χ0v) is 18.9. The molecule has 8 nitrogen and oxygen atoms in total. The number of benzene rings is 1. The first-order valence-corrected chi connectivity index (χ1v) is 11.5. The van der Waals surface area contributed by atoms with Gasteiger partial charge in [0.15, 0.2) is 4.34 Å². The molecule has 1 aromatic carbocycles. The van der Waals surface area contributed by atoms with Crippen molar-refractivity contribution in [2.45, 2.75) is 10.5 Å². The van der Waals surface area contributed by atoms with Crippen molar-refractivity contribution in [3.05, 3.63) is 35.4 Å². The van der Waals surface area contributed by atoms with E-state index in [1.54, 1.807) is 12.0 Å². The van der Waals surface area contributed by atoms with Gasteiger partial charge in [0, 0.05) is 45.4 Å². The average molecular weight is 490 g/mol. The van der Waals surface area contributed by atoms with Gasteiger partial charge < -0.3 is 19.9 Å². The lowest BCUT2D eigenvalue weighted by Crippen LogP contribution is -2.48. The van der Waals surface area contributed by atoms with Gasteiger partial charge in [0.25, 0.3) is 5.91 Å². The first-order valence-electron chi connectivity index (χ1n) is 9.71. The van der Waals surface area contributed by atoms with E-state index in [9.17, 15) is 22.8 Å². The Labute approximate surface area is 191 Å². The molecule has 0 aliphatic carbocycles. The summed E-state index contributed by atoms with van der Waals surface area (Å²) in [5, 5.41) is 11.7.